The van der Waals surface area contributed by atoms with E-state index in [0.717, 1.165) is 9.13 Å². The minimum Gasteiger partial charge on any atom is -0.352 e. The number of halogens is 3. The summed E-state index contributed by atoms with van der Waals surface area (Å²) < 4.78 is 59.5. The van der Waals surface area contributed by atoms with Crippen molar-refractivity contribution in [2.75, 3.05) is 13.2 Å². The summed E-state index contributed by atoms with van der Waals surface area (Å²) in [6.07, 6.45) is -5.08. The van der Waals surface area contributed by atoms with Crippen LogP contribution >= 0.6 is 7.82 Å². The Labute approximate surface area is 195 Å². The highest BCUT2D eigenvalue weighted by Gasteiger charge is 2.39. The number of alkyl halides is 3. The normalized spacial score (nSPS) is 20.5. The molecule has 1 aromatic rings. The third kappa shape index (κ3) is 8.19. The van der Waals surface area contributed by atoms with Crippen molar-refractivity contribution in [3.05, 3.63) is 43.0 Å². The lowest BCUT2D eigenvalue weighted by molar-refractivity contribution is -0.173. The number of phosphoric ester groups is 1. The summed E-state index contributed by atoms with van der Waals surface area (Å²) in [5.41, 5.74) is 7.60. The summed E-state index contributed by atoms with van der Waals surface area (Å²) >= 11 is 0. The molecule has 1 aromatic heterocycles. The molecular weight excluding hydrogens is 504 g/mol. The maximum absolute atomic E-state index is 12.9. The molecule has 0 spiro atoms. The number of ether oxygens (including phenoxy) is 1. The molecule has 0 aromatic carbocycles. The van der Waals surface area contributed by atoms with Gasteiger partial charge in [-0.05, 0) is 31.7 Å². The summed E-state index contributed by atoms with van der Waals surface area (Å²) in [5.74, 6) is -2.05. The van der Waals surface area contributed by atoms with Gasteiger partial charge in [0, 0.05) is 36.2 Å². The fourth-order valence-electron chi connectivity index (χ4n) is 3.43. The second-order valence-electron chi connectivity index (χ2n) is 7.70. The van der Waals surface area contributed by atoms with Crippen LogP contribution < -0.4 is 16.6 Å². The van der Waals surface area contributed by atoms with Crippen molar-refractivity contribution in [1.82, 2.24) is 14.5 Å². The van der Waals surface area contributed by atoms with E-state index in [2.05, 4.69) is 14.5 Å². The number of aromatic nitrogens is 2. The van der Waals surface area contributed by atoms with Crippen LogP contribution in [0.25, 0.3) is 10.4 Å². The molecule has 1 unspecified atom stereocenters. The van der Waals surface area contributed by atoms with Gasteiger partial charge in [-0.1, -0.05) is 5.11 Å². The number of unbranched alkanes of at least 4 members (excludes halogenated alkanes) is 2. The first-order valence-corrected chi connectivity index (χ1v) is 11.8. The molecule has 3 N–H and O–H groups in total. The van der Waals surface area contributed by atoms with Crippen molar-refractivity contribution in [3.8, 4) is 0 Å². The van der Waals surface area contributed by atoms with Crippen LogP contribution in [-0.2, 0) is 25.2 Å². The van der Waals surface area contributed by atoms with Gasteiger partial charge in [-0.15, -0.1) is 0 Å². The average molecular weight is 528 g/mol. The molecule has 2 heterocycles. The largest absolute Gasteiger partial charge is 0.471 e. The molecule has 0 aliphatic carbocycles. The van der Waals surface area contributed by atoms with Gasteiger partial charge in [-0.3, -0.25) is 23.2 Å². The van der Waals surface area contributed by atoms with Gasteiger partial charge >= 0.3 is 25.6 Å². The van der Waals surface area contributed by atoms with Crippen molar-refractivity contribution in [2.45, 2.75) is 63.7 Å². The second kappa shape index (κ2) is 11.8. The molecule has 0 bridgehead atoms. The molecule has 196 valence electrons. The number of hydrogen-bond acceptors (Lipinski definition) is 7. The standard InChI is InChI=1S/C17H24F3N6O8P/c1-10-8-26(13-7-11(23-24-21)12(34-13)9-33-35(30,31)32)16(29)25(14(10)27)6-4-2-3-5-22-15(28)17(18,19)20/h8,11-13H,2-7,9H2,1H3,(H,22,28)(H2,30,31,32)/t11-,12+,13?/m0/s1. The van der Waals surface area contributed by atoms with Crippen molar-refractivity contribution >= 4 is 13.7 Å². The smallest absolute Gasteiger partial charge is 0.352 e. The Morgan fingerprint density at radius 1 is 1.37 bits per heavy atom. The lowest BCUT2D eigenvalue weighted by atomic mass is 10.1. The molecule has 1 saturated heterocycles. The van der Waals surface area contributed by atoms with E-state index in [1.807, 2.05) is 0 Å². The van der Waals surface area contributed by atoms with Crippen molar-refractivity contribution in [2.24, 2.45) is 5.11 Å². The molecule has 18 heteroatoms. The predicted molar refractivity (Wildman–Crippen MR) is 112 cm³/mol. The number of amides is 1. The number of phosphoric acid groups is 1. The predicted octanol–water partition coefficient (Wildman–Crippen LogP) is 1.24. The quantitative estimate of drug-likeness (QED) is 0.125. The maximum atomic E-state index is 12.9. The molecule has 1 aliphatic heterocycles. The van der Waals surface area contributed by atoms with Crippen LogP contribution in [0.4, 0.5) is 13.2 Å². The molecule has 0 radical (unpaired) electrons. The molecule has 3 atom stereocenters. The molecule has 1 fully saturated rings. The molecule has 1 amide bonds. The lowest BCUT2D eigenvalue weighted by Crippen LogP contribution is -2.42. The fraction of sp³-hybridized carbons (Fsp3) is 0.706. The van der Waals surface area contributed by atoms with E-state index in [-0.39, 0.29) is 37.9 Å². The summed E-state index contributed by atoms with van der Waals surface area (Å²) in [7, 11) is -4.83. The third-order valence-corrected chi connectivity index (χ3v) is 5.58. The Hall–Kier alpha value is -2.68. The van der Waals surface area contributed by atoms with Crippen molar-refractivity contribution in [3.63, 3.8) is 0 Å². The van der Waals surface area contributed by atoms with Gasteiger partial charge in [0.05, 0.1) is 18.8 Å². The number of rotatable bonds is 11. The highest BCUT2D eigenvalue weighted by molar-refractivity contribution is 7.46. The van der Waals surface area contributed by atoms with E-state index in [1.54, 1.807) is 5.32 Å². The first-order valence-electron chi connectivity index (χ1n) is 10.3. The van der Waals surface area contributed by atoms with E-state index in [4.69, 9.17) is 20.1 Å². The van der Waals surface area contributed by atoms with Gasteiger partial charge in [-0.2, -0.15) is 13.2 Å². The van der Waals surface area contributed by atoms with Crippen LogP contribution in [0.5, 0.6) is 0 Å². The summed E-state index contributed by atoms with van der Waals surface area (Å²) in [4.78, 5) is 56.6. The third-order valence-electron chi connectivity index (χ3n) is 5.09. The number of azide groups is 1. The number of carbonyl (C=O) groups is 1. The highest BCUT2D eigenvalue weighted by atomic mass is 31.2. The van der Waals surface area contributed by atoms with Gasteiger partial charge in [0.25, 0.3) is 5.56 Å². The van der Waals surface area contributed by atoms with Crippen LogP contribution in [0.15, 0.2) is 20.9 Å². The zero-order valence-corrected chi connectivity index (χ0v) is 19.3. The number of carbonyl (C=O) groups excluding carboxylic acids is 1. The number of nitrogens with zero attached hydrogens (tertiary/aromatic N) is 5. The highest BCUT2D eigenvalue weighted by Crippen LogP contribution is 2.38. The van der Waals surface area contributed by atoms with E-state index in [1.165, 1.54) is 13.1 Å². The topological polar surface area (TPSA) is 198 Å². The minimum atomic E-state index is -4.97. The van der Waals surface area contributed by atoms with Gasteiger partial charge in [0.2, 0.25) is 0 Å². The Balaban J connectivity index is 2.08. The molecule has 0 saturated carbocycles. The average Bonchev–Trinajstić information content (AvgIpc) is 3.15. The SMILES string of the molecule is Cc1cn(C2C[C@H](N=[N+]=[N-])[C@@H](COP(=O)(O)O)O2)c(=O)n(CCCCCNC(=O)C(F)(F)F)c1=O. The number of aryl methyl sites for hydroxylation is 1. The van der Waals surface area contributed by atoms with E-state index in [9.17, 15) is 32.1 Å². The molecule has 35 heavy (non-hydrogen) atoms. The maximum Gasteiger partial charge on any atom is 0.471 e. The Morgan fingerprint density at radius 3 is 2.66 bits per heavy atom. The monoisotopic (exact) mass is 528 g/mol. The van der Waals surface area contributed by atoms with E-state index < -0.39 is 56.1 Å². The summed E-state index contributed by atoms with van der Waals surface area (Å²) in [6.45, 7) is 0.572. The molecule has 2 rings (SSSR count). The van der Waals surface area contributed by atoms with Gasteiger partial charge < -0.3 is 19.8 Å². The van der Waals surface area contributed by atoms with E-state index in [0.29, 0.717) is 6.42 Å². The Bertz CT molecular complexity index is 1130. The minimum absolute atomic E-state index is 0.0320. The van der Waals surface area contributed by atoms with Gasteiger partial charge in [0.15, 0.2) is 0 Å². The van der Waals surface area contributed by atoms with Crippen LogP contribution in [-0.4, -0.2) is 56.3 Å². The number of nitrogens with one attached hydrogen (secondary N) is 1. The zero-order chi connectivity index (χ0) is 26.4. The van der Waals surface area contributed by atoms with Crippen LogP contribution in [0.2, 0.25) is 0 Å². The lowest BCUT2D eigenvalue weighted by Gasteiger charge is -2.18. The van der Waals surface area contributed by atoms with E-state index >= 15 is 0 Å². The zero-order valence-electron chi connectivity index (χ0n) is 18.4. The summed E-state index contributed by atoms with van der Waals surface area (Å²) in [6, 6.07) is -0.906. The molecule has 1 aliphatic rings. The summed E-state index contributed by atoms with van der Waals surface area (Å²) in [5, 5.41) is 5.25. The van der Waals surface area contributed by atoms with Crippen LogP contribution in [0, 0.1) is 6.92 Å². The molecule has 14 nitrogen and oxygen atoms in total. The first kappa shape index (κ1) is 28.6. The van der Waals surface area contributed by atoms with Crippen molar-refractivity contribution < 1.29 is 41.6 Å². The van der Waals surface area contributed by atoms with Crippen molar-refractivity contribution in [1.29, 1.82) is 0 Å². The van der Waals surface area contributed by atoms with Crippen LogP contribution in [0.3, 0.4) is 0 Å². The van der Waals surface area contributed by atoms with Gasteiger partial charge in [0.1, 0.15) is 6.23 Å². The first-order chi connectivity index (χ1) is 16.2. The Morgan fingerprint density at radius 2 is 2.06 bits per heavy atom. The molecular formula is C17H24F3N6O8P. The number of hydrogen-bond donors (Lipinski definition) is 3. The second-order valence-corrected chi connectivity index (χ2v) is 8.94. The van der Waals surface area contributed by atoms with Crippen LogP contribution in [0.1, 0.15) is 37.5 Å². The Kier molecular flexibility index (Phi) is 9.66. The van der Waals surface area contributed by atoms with Gasteiger partial charge in [-0.25, -0.2) is 9.36 Å². The fourth-order valence-corrected chi connectivity index (χ4v) is 3.77.